The molecule has 0 aliphatic rings. The average molecular weight is 228 g/mol. The average Bonchev–Trinajstić information content (AvgIpc) is 2.01. The lowest BCUT2D eigenvalue weighted by molar-refractivity contribution is -0.107. The molecule has 0 aromatic carbocycles. The van der Waals surface area contributed by atoms with Crippen LogP contribution in [0.4, 0.5) is 0 Å². The van der Waals surface area contributed by atoms with E-state index in [0.717, 1.165) is 24.9 Å². The van der Waals surface area contributed by atoms with Gasteiger partial charge in [-0.3, -0.25) is 0 Å². The molecule has 0 aromatic rings. The molecule has 0 atom stereocenters. The van der Waals surface area contributed by atoms with E-state index < -0.39 is 8.32 Å². The fraction of sp³-hybridized carbons (Fsp3) is 0.750. The van der Waals surface area contributed by atoms with Crippen LogP contribution in [-0.4, -0.2) is 14.6 Å². The van der Waals surface area contributed by atoms with Gasteiger partial charge in [-0.1, -0.05) is 27.4 Å². The largest absolute Gasteiger partial charge is 0.547 e. The number of unbranched alkanes of at least 4 members (excludes halogenated alkanes) is 1. The maximum atomic E-state index is 10.2. The minimum Gasteiger partial charge on any atom is -0.547 e. The van der Waals surface area contributed by atoms with Gasteiger partial charge in [-0.05, 0) is 24.6 Å². The molecule has 0 spiro atoms. The lowest BCUT2D eigenvalue weighted by atomic mass is 10.2. The second kappa shape index (κ2) is 5.49. The van der Waals surface area contributed by atoms with E-state index in [2.05, 4.69) is 40.4 Å². The first-order valence-corrected chi connectivity index (χ1v) is 8.42. The molecular formula is C12H24O2Si. The predicted molar refractivity (Wildman–Crippen MR) is 67.3 cm³/mol. The first-order valence-electron chi connectivity index (χ1n) is 5.51. The SMILES string of the molecule is C=C(CCCC=O)O[Si](C)(C)C(C)(C)C. The topological polar surface area (TPSA) is 26.3 Å². The normalized spacial score (nSPS) is 12.3. The van der Waals surface area contributed by atoms with Gasteiger partial charge in [-0.25, -0.2) is 0 Å². The summed E-state index contributed by atoms with van der Waals surface area (Å²) in [6.45, 7) is 15.0. The summed E-state index contributed by atoms with van der Waals surface area (Å²) in [6, 6.07) is 0. The zero-order chi connectivity index (χ0) is 12.1. The van der Waals surface area contributed by atoms with Crippen molar-refractivity contribution in [2.24, 2.45) is 0 Å². The highest BCUT2D eigenvalue weighted by Gasteiger charge is 2.38. The number of rotatable bonds is 6. The molecule has 0 rings (SSSR count). The van der Waals surface area contributed by atoms with Crippen LogP contribution in [0.1, 0.15) is 40.0 Å². The summed E-state index contributed by atoms with van der Waals surface area (Å²) in [6.07, 6.45) is 3.18. The Morgan fingerprint density at radius 2 is 1.93 bits per heavy atom. The van der Waals surface area contributed by atoms with Crippen LogP contribution in [-0.2, 0) is 9.22 Å². The zero-order valence-corrected chi connectivity index (χ0v) is 11.7. The third kappa shape index (κ3) is 5.16. The van der Waals surface area contributed by atoms with E-state index in [-0.39, 0.29) is 5.04 Å². The number of carbonyl (C=O) groups excluding carboxylic acids is 1. The molecule has 0 N–H and O–H groups in total. The summed E-state index contributed by atoms with van der Waals surface area (Å²) in [4.78, 5) is 10.2. The molecule has 15 heavy (non-hydrogen) atoms. The van der Waals surface area contributed by atoms with Crippen LogP contribution >= 0.6 is 0 Å². The summed E-state index contributed by atoms with van der Waals surface area (Å²) in [5.41, 5.74) is 0. The highest BCUT2D eigenvalue weighted by atomic mass is 28.4. The minimum absolute atomic E-state index is 0.209. The standard InChI is InChI=1S/C12H24O2Si/c1-11(9-7-8-10-13)14-15(5,6)12(2,3)4/h10H,1,7-9H2,2-6H3. The molecule has 0 aromatic heterocycles. The molecule has 0 saturated carbocycles. The molecule has 0 radical (unpaired) electrons. The van der Waals surface area contributed by atoms with Gasteiger partial charge >= 0.3 is 0 Å². The maximum Gasteiger partial charge on any atom is 0.250 e. The maximum absolute atomic E-state index is 10.2. The van der Waals surface area contributed by atoms with Crippen LogP contribution in [0, 0.1) is 0 Å². The molecule has 0 amide bonds. The van der Waals surface area contributed by atoms with Crippen molar-refractivity contribution in [2.45, 2.75) is 58.2 Å². The van der Waals surface area contributed by atoms with Crippen molar-refractivity contribution in [3.8, 4) is 0 Å². The summed E-state index contributed by atoms with van der Waals surface area (Å²) in [7, 11) is -1.72. The molecule has 0 aliphatic heterocycles. The van der Waals surface area contributed by atoms with Crippen LogP contribution < -0.4 is 0 Å². The van der Waals surface area contributed by atoms with Gasteiger partial charge < -0.3 is 9.22 Å². The monoisotopic (exact) mass is 228 g/mol. The van der Waals surface area contributed by atoms with Crippen LogP contribution in [0.15, 0.2) is 12.3 Å². The van der Waals surface area contributed by atoms with Gasteiger partial charge in [0.2, 0.25) is 8.32 Å². The quantitative estimate of drug-likeness (QED) is 0.298. The Kier molecular flexibility index (Phi) is 5.28. The lowest BCUT2D eigenvalue weighted by Crippen LogP contribution is -2.40. The highest BCUT2D eigenvalue weighted by Crippen LogP contribution is 2.38. The summed E-state index contributed by atoms with van der Waals surface area (Å²) in [5.74, 6) is 0.837. The second-order valence-corrected chi connectivity index (χ2v) is 10.2. The Bertz CT molecular complexity index is 226. The van der Waals surface area contributed by atoms with Gasteiger partial charge in [0, 0.05) is 12.8 Å². The van der Waals surface area contributed by atoms with Gasteiger partial charge in [-0.15, -0.1) is 0 Å². The molecule has 0 bridgehead atoms. The van der Waals surface area contributed by atoms with Crippen LogP contribution in [0.3, 0.4) is 0 Å². The molecule has 0 saturated heterocycles. The van der Waals surface area contributed by atoms with Crippen molar-refractivity contribution >= 4 is 14.6 Å². The molecule has 0 aliphatic carbocycles. The molecule has 88 valence electrons. The summed E-state index contributed by atoms with van der Waals surface area (Å²) < 4.78 is 5.98. The first kappa shape index (κ1) is 14.4. The Morgan fingerprint density at radius 1 is 1.40 bits per heavy atom. The number of allylic oxidation sites excluding steroid dienone is 1. The molecular weight excluding hydrogens is 204 g/mol. The van der Waals surface area contributed by atoms with Crippen molar-refractivity contribution in [2.75, 3.05) is 0 Å². The van der Waals surface area contributed by atoms with Crippen molar-refractivity contribution in [3.05, 3.63) is 12.3 Å². The van der Waals surface area contributed by atoms with E-state index in [1.165, 1.54) is 0 Å². The fourth-order valence-corrected chi connectivity index (χ4v) is 2.08. The number of carbonyl (C=O) groups is 1. The third-order valence-corrected chi connectivity index (χ3v) is 7.39. The van der Waals surface area contributed by atoms with E-state index in [9.17, 15) is 4.79 Å². The molecule has 0 heterocycles. The minimum atomic E-state index is -1.72. The van der Waals surface area contributed by atoms with Crippen molar-refractivity contribution in [1.82, 2.24) is 0 Å². The van der Waals surface area contributed by atoms with Gasteiger partial charge in [0.15, 0.2) is 0 Å². The Labute approximate surface area is 94.8 Å². The third-order valence-electron chi connectivity index (χ3n) is 2.98. The molecule has 0 fully saturated rings. The van der Waals surface area contributed by atoms with Crippen molar-refractivity contribution in [1.29, 1.82) is 0 Å². The highest BCUT2D eigenvalue weighted by molar-refractivity contribution is 6.74. The summed E-state index contributed by atoms with van der Waals surface area (Å²) >= 11 is 0. The van der Waals surface area contributed by atoms with Crippen molar-refractivity contribution < 1.29 is 9.22 Å². The van der Waals surface area contributed by atoms with Gasteiger partial charge in [0.1, 0.15) is 6.29 Å². The van der Waals surface area contributed by atoms with E-state index in [1.807, 2.05) is 0 Å². The predicted octanol–water partition coefficient (Wildman–Crippen LogP) is 3.89. The summed E-state index contributed by atoms with van der Waals surface area (Å²) in [5, 5.41) is 0.209. The van der Waals surface area contributed by atoms with E-state index in [4.69, 9.17) is 4.43 Å². The van der Waals surface area contributed by atoms with Crippen LogP contribution in [0.5, 0.6) is 0 Å². The fourth-order valence-electron chi connectivity index (χ4n) is 0.948. The number of hydrogen-bond donors (Lipinski definition) is 0. The second-order valence-electron chi connectivity index (χ2n) is 5.46. The Hall–Kier alpha value is -0.573. The molecule has 0 unspecified atom stereocenters. The zero-order valence-electron chi connectivity index (χ0n) is 10.7. The van der Waals surface area contributed by atoms with Crippen LogP contribution in [0.25, 0.3) is 0 Å². The van der Waals surface area contributed by atoms with Gasteiger partial charge in [-0.2, -0.15) is 0 Å². The smallest absolute Gasteiger partial charge is 0.250 e. The number of aldehydes is 1. The van der Waals surface area contributed by atoms with Gasteiger partial charge in [0.05, 0.1) is 5.76 Å². The number of hydrogen-bond acceptors (Lipinski definition) is 2. The molecule has 2 nitrogen and oxygen atoms in total. The van der Waals surface area contributed by atoms with E-state index in [0.29, 0.717) is 6.42 Å². The Morgan fingerprint density at radius 3 is 2.33 bits per heavy atom. The Balaban J connectivity index is 4.11. The molecule has 3 heteroatoms. The van der Waals surface area contributed by atoms with E-state index >= 15 is 0 Å². The van der Waals surface area contributed by atoms with Gasteiger partial charge in [0.25, 0.3) is 0 Å². The van der Waals surface area contributed by atoms with Crippen LogP contribution in [0.2, 0.25) is 18.1 Å². The first-order chi connectivity index (χ1) is 6.70. The van der Waals surface area contributed by atoms with Crippen molar-refractivity contribution in [3.63, 3.8) is 0 Å². The van der Waals surface area contributed by atoms with E-state index in [1.54, 1.807) is 0 Å². The lowest BCUT2D eigenvalue weighted by Gasteiger charge is -2.37.